The van der Waals surface area contributed by atoms with Gasteiger partial charge in [-0.3, -0.25) is 4.84 Å². The van der Waals surface area contributed by atoms with E-state index in [0.717, 1.165) is 22.3 Å². The molecule has 4 rings (SSSR count). The van der Waals surface area contributed by atoms with Crippen molar-refractivity contribution in [2.24, 2.45) is 0 Å². The van der Waals surface area contributed by atoms with Crippen molar-refractivity contribution >= 4 is 6.16 Å². The van der Waals surface area contributed by atoms with Crippen molar-refractivity contribution in [3.8, 4) is 22.9 Å². The van der Waals surface area contributed by atoms with Crippen LogP contribution in [0.15, 0.2) is 60.7 Å². The number of aromatic nitrogens is 1. The number of nitrogens with zero attached hydrogens (tertiary/aromatic N) is 1. The highest BCUT2D eigenvalue weighted by molar-refractivity contribution is 5.78. The summed E-state index contributed by atoms with van der Waals surface area (Å²) in [5.74, 6) is -0.885. The molecule has 1 aromatic heterocycles. The molecule has 0 amide bonds. The molecule has 25 heavy (non-hydrogen) atoms. The average Bonchev–Trinajstić information content (AvgIpc) is 3.12. The van der Waals surface area contributed by atoms with Gasteiger partial charge in [-0.2, -0.15) is 0 Å². The Morgan fingerprint density at radius 2 is 1.40 bits per heavy atom. The van der Waals surface area contributed by atoms with E-state index in [1.807, 2.05) is 48.5 Å². The van der Waals surface area contributed by atoms with Gasteiger partial charge < -0.3 is 14.9 Å². The number of carbonyl (C=O) groups excluding carboxylic acids is 1. The molecule has 0 saturated carbocycles. The van der Waals surface area contributed by atoms with Crippen molar-refractivity contribution in [3.63, 3.8) is 0 Å². The van der Waals surface area contributed by atoms with Gasteiger partial charge in [-0.05, 0) is 22.3 Å². The Labute approximate surface area is 143 Å². The highest BCUT2D eigenvalue weighted by Gasteiger charge is 2.29. The van der Waals surface area contributed by atoms with Crippen LogP contribution in [0.3, 0.4) is 0 Å². The van der Waals surface area contributed by atoms with E-state index < -0.39 is 17.9 Å². The average molecular weight is 337 g/mol. The lowest BCUT2D eigenvalue weighted by Gasteiger charge is -2.14. The monoisotopic (exact) mass is 337 g/mol. The molecule has 0 fully saturated rings. The summed E-state index contributed by atoms with van der Waals surface area (Å²) >= 11 is 0. The Morgan fingerprint density at radius 1 is 0.880 bits per heavy atom. The first-order valence-corrected chi connectivity index (χ1v) is 7.78. The molecule has 0 radical (unpaired) electrons. The van der Waals surface area contributed by atoms with Gasteiger partial charge in [0.2, 0.25) is 11.8 Å². The third-order valence-corrected chi connectivity index (χ3v) is 4.29. The van der Waals surface area contributed by atoms with Crippen LogP contribution in [0.25, 0.3) is 11.1 Å². The van der Waals surface area contributed by atoms with Crippen LogP contribution >= 0.6 is 0 Å². The van der Waals surface area contributed by atoms with Crippen molar-refractivity contribution in [3.05, 3.63) is 71.8 Å². The molecule has 1 aliphatic carbocycles. The van der Waals surface area contributed by atoms with Crippen molar-refractivity contribution in [2.75, 3.05) is 6.61 Å². The first-order valence-electron chi connectivity index (χ1n) is 7.78. The van der Waals surface area contributed by atoms with Gasteiger partial charge in [-0.1, -0.05) is 48.5 Å². The summed E-state index contributed by atoms with van der Waals surface area (Å²) in [4.78, 5) is 16.7. The van der Waals surface area contributed by atoms with Crippen molar-refractivity contribution in [1.29, 1.82) is 0 Å². The second-order valence-corrected chi connectivity index (χ2v) is 5.72. The molecule has 0 unspecified atom stereocenters. The highest BCUT2D eigenvalue weighted by Crippen LogP contribution is 2.44. The lowest BCUT2D eigenvalue weighted by Crippen LogP contribution is -2.22. The summed E-state index contributed by atoms with van der Waals surface area (Å²) in [6.45, 7) is 0.0929. The SMILES string of the molecule is O=C(OCC1c2ccccc2-c2ccccc21)On1c(O)ccc1O. The molecule has 1 aliphatic rings. The Kier molecular flexibility index (Phi) is 3.57. The lowest BCUT2D eigenvalue weighted by molar-refractivity contribution is 0.0341. The minimum atomic E-state index is -1.01. The number of benzene rings is 2. The maximum atomic E-state index is 11.9. The van der Waals surface area contributed by atoms with Gasteiger partial charge in [0.15, 0.2) is 0 Å². The largest absolute Gasteiger partial charge is 0.534 e. The number of aromatic hydroxyl groups is 2. The molecular formula is C19H15NO5. The zero-order valence-corrected chi connectivity index (χ0v) is 13.1. The van der Waals surface area contributed by atoms with E-state index in [9.17, 15) is 15.0 Å². The summed E-state index contributed by atoms with van der Waals surface area (Å²) in [6.07, 6.45) is -1.01. The first-order chi connectivity index (χ1) is 12.1. The predicted octanol–water partition coefficient (Wildman–Crippen LogP) is 3.28. The molecule has 6 heteroatoms. The van der Waals surface area contributed by atoms with Gasteiger partial charge in [0.25, 0.3) is 0 Å². The number of hydrogen-bond acceptors (Lipinski definition) is 5. The first kappa shape index (κ1) is 15.1. The molecule has 0 aliphatic heterocycles. The second kappa shape index (κ2) is 5.90. The molecule has 2 N–H and O–H groups in total. The number of ether oxygens (including phenoxy) is 1. The van der Waals surface area contributed by atoms with Crippen LogP contribution in [-0.2, 0) is 4.74 Å². The van der Waals surface area contributed by atoms with E-state index in [0.29, 0.717) is 4.73 Å². The van der Waals surface area contributed by atoms with Crippen molar-refractivity contribution in [2.45, 2.75) is 5.92 Å². The number of rotatable bonds is 3. The van der Waals surface area contributed by atoms with E-state index in [2.05, 4.69) is 0 Å². The fourth-order valence-corrected chi connectivity index (χ4v) is 3.19. The molecule has 6 nitrogen and oxygen atoms in total. The van der Waals surface area contributed by atoms with Gasteiger partial charge in [0, 0.05) is 18.1 Å². The molecule has 2 aromatic carbocycles. The van der Waals surface area contributed by atoms with E-state index in [-0.39, 0.29) is 12.5 Å². The second-order valence-electron chi connectivity index (χ2n) is 5.72. The lowest BCUT2D eigenvalue weighted by atomic mass is 9.98. The van der Waals surface area contributed by atoms with Gasteiger partial charge >= 0.3 is 6.16 Å². The van der Waals surface area contributed by atoms with Crippen LogP contribution in [0.4, 0.5) is 4.79 Å². The summed E-state index contributed by atoms with van der Waals surface area (Å²) in [6, 6.07) is 18.4. The Hall–Kier alpha value is -3.41. The normalized spacial score (nSPS) is 12.5. The maximum Gasteiger partial charge on any atom is 0.534 e. The van der Waals surface area contributed by atoms with E-state index in [1.165, 1.54) is 12.1 Å². The Morgan fingerprint density at radius 3 is 1.96 bits per heavy atom. The van der Waals surface area contributed by atoms with E-state index >= 15 is 0 Å². The molecule has 0 bridgehead atoms. The molecule has 0 saturated heterocycles. The molecular weight excluding hydrogens is 322 g/mol. The Bertz CT molecular complexity index is 881. The van der Waals surface area contributed by atoms with E-state index in [4.69, 9.17) is 9.57 Å². The van der Waals surface area contributed by atoms with Crippen molar-refractivity contribution in [1.82, 2.24) is 4.73 Å². The van der Waals surface area contributed by atoms with Crippen LogP contribution in [0.2, 0.25) is 0 Å². The quantitative estimate of drug-likeness (QED) is 0.717. The van der Waals surface area contributed by atoms with Crippen LogP contribution in [0, 0.1) is 0 Å². The summed E-state index contributed by atoms with van der Waals surface area (Å²) in [7, 11) is 0. The fraction of sp³-hybridized carbons (Fsp3) is 0.105. The topological polar surface area (TPSA) is 80.9 Å². The maximum absolute atomic E-state index is 11.9. The van der Waals surface area contributed by atoms with Crippen LogP contribution in [0.1, 0.15) is 17.0 Å². The minimum absolute atomic E-state index is 0.0909. The predicted molar refractivity (Wildman–Crippen MR) is 89.4 cm³/mol. The Balaban J connectivity index is 1.52. The van der Waals surface area contributed by atoms with E-state index in [1.54, 1.807) is 0 Å². The van der Waals surface area contributed by atoms with Gasteiger partial charge in [-0.25, -0.2) is 4.79 Å². The van der Waals surface area contributed by atoms with Gasteiger partial charge in [-0.15, -0.1) is 4.73 Å². The third-order valence-electron chi connectivity index (χ3n) is 4.29. The molecule has 3 aromatic rings. The number of fused-ring (bicyclic) bond motifs is 3. The molecule has 1 heterocycles. The summed E-state index contributed by atoms with van der Waals surface area (Å²) in [5.41, 5.74) is 4.42. The minimum Gasteiger partial charge on any atom is -0.492 e. The highest BCUT2D eigenvalue weighted by atomic mass is 16.8. The molecule has 126 valence electrons. The van der Waals surface area contributed by atoms with Crippen molar-refractivity contribution < 1.29 is 24.6 Å². The summed E-state index contributed by atoms with van der Waals surface area (Å²) in [5, 5.41) is 19.0. The van der Waals surface area contributed by atoms with Gasteiger partial charge in [0.05, 0.1) is 0 Å². The van der Waals surface area contributed by atoms with Crippen LogP contribution in [0.5, 0.6) is 11.8 Å². The molecule has 0 spiro atoms. The van der Waals surface area contributed by atoms with Crippen LogP contribution in [-0.4, -0.2) is 27.7 Å². The zero-order chi connectivity index (χ0) is 17.4. The zero-order valence-electron chi connectivity index (χ0n) is 13.1. The molecule has 0 atom stereocenters. The standard InChI is InChI=1S/C19H15NO5/c21-17-9-10-18(22)20(17)25-19(23)24-11-16-14-7-3-1-5-12(14)13-6-2-4-8-15(13)16/h1-10,16,21-22H,11H2. The summed E-state index contributed by atoms with van der Waals surface area (Å²) < 4.78 is 5.81. The van der Waals surface area contributed by atoms with Crippen LogP contribution < -0.4 is 4.84 Å². The fourth-order valence-electron chi connectivity index (χ4n) is 3.19. The smallest absolute Gasteiger partial charge is 0.492 e. The van der Waals surface area contributed by atoms with Gasteiger partial charge in [0.1, 0.15) is 6.61 Å². The third kappa shape index (κ3) is 2.57. The number of carbonyl (C=O) groups is 1. The number of hydrogen-bond donors (Lipinski definition) is 2.